The molecule has 15 heavy (non-hydrogen) atoms. The van der Waals surface area contributed by atoms with Gasteiger partial charge in [0.1, 0.15) is 5.69 Å². The average molecular weight is 222 g/mol. The number of methoxy groups -OCH3 is 1. The first-order chi connectivity index (χ1) is 7.31. The molecule has 0 fully saturated rings. The molecule has 2 heterocycles. The zero-order valence-electron chi connectivity index (χ0n) is 8.01. The lowest BCUT2D eigenvalue weighted by atomic mass is 10.2. The average Bonchev–Trinajstić information content (AvgIpc) is 2.30. The largest absolute Gasteiger partial charge is 0.481 e. The molecule has 0 saturated carbocycles. The van der Waals surface area contributed by atoms with Gasteiger partial charge in [0.15, 0.2) is 5.15 Å². The zero-order chi connectivity index (χ0) is 10.7. The summed E-state index contributed by atoms with van der Waals surface area (Å²) in [6.07, 6.45) is 4.78. The number of rotatable bonds is 2. The van der Waals surface area contributed by atoms with E-state index in [0.717, 1.165) is 5.56 Å². The lowest BCUT2D eigenvalue weighted by Crippen LogP contribution is -1.90. The second kappa shape index (κ2) is 4.23. The van der Waals surface area contributed by atoms with Crippen molar-refractivity contribution >= 4 is 11.6 Å². The Bertz CT molecular complexity index is 458. The van der Waals surface area contributed by atoms with Crippen LogP contribution in [-0.4, -0.2) is 22.1 Å². The standard InChI is InChI=1S/C10H8ClN3O/c1-15-8-3-2-7(6-14-8)9-10(11)13-5-4-12-9/h2-6H,1H3. The van der Waals surface area contributed by atoms with Crippen molar-refractivity contribution in [2.24, 2.45) is 0 Å². The molecule has 0 aliphatic carbocycles. The molecule has 5 heteroatoms. The van der Waals surface area contributed by atoms with Crippen molar-refractivity contribution in [2.75, 3.05) is 7.11 Å². The van der Waals surface area contributed by atoms with Crippen molar-refractivity contribution in [1.29, 1.82) is 0 Å². The normalized spacial score (nSPS) is 10.0. The van der Waals surface area contributed by atoms with Gasteiger partial charge in [-0.1, -0.05) is 11.6 Å². The van der Waals surface area contributed by atoms with Crippen LogP contribution in [0.4, 0.5) is 0 Å². The maximum Gasteiger partial charge on any atom is 0.212 e. The number of pyridine rings is 1. The third-order valence-electron chi connectivity index (χ3n) is 1.87. The van der Waals surface area contributed by atoms with E-state index in [-0.39, 0.29) is 0 Å². The highest BCUT2D eigenvalue weighted by Gasteiger charge is 2.05. The fourth-order valence-corrected chi connectivity index (χ4v) is 1.37. The molecule has 0 spiro atoms. The van der Waals surface area contributed by atoms with E-state index in [1.54, 1.807) is 31.8 Å². The molecule has 0 radical (unpaired) electrons. The number of ether oxygens (including phenoxy) is 1. The fourth-order valence-electron chi connectivity index (χ4n) is 1.16. The van der Waals surface area contributed by atoms with Crippen LogP contribution in [0.5, 0.6) is 5.88 Å². The molecular formula is C10H8ClN3O. The first-order valence-corrected chi connectivity index (χ1v) is 4.66. The lowest BCUT2D eigenvalue weighted by Gasteiger charge is -2.02. The highest BCUT2D eigenvalue weighted by Crippen LogP contribution is 2.23. The molecule has 0 unspecified atom stereocenters. The molecule has 2 rings (SSSR count). The second-order valence-corrected chi connectivity index (χ2v) is 3.14. The summed E-state index contributed by atoms with van der Waals surface area (Å²) in [5.74, 6) is 0.554. The molecule has 0 atom stereocenters. The third kappa shape index (κ3) is 2.05. The SMILES string of the molecule is COc1ccc(-c2nccnc2Cl)cn1. The molecule has 0 aliphatic rings. The van der Waals surface area contributed by atoms with Crippen molar-refractivity contribution in [3.8, 4) is 17.1 Å². The zero-order valence-corrected chi connectivity index (χ0v) is 8.77. The molecule has 4 nitrogen and oxygen atoms in total. The van der Waals surface area contributed by atoms with E-state index < -0.39 is 0 Å². The first kappa shape index (κ1) is 9.86. The van der Waals surface area contributed by atoms with E-state index in [1.807, 2.05) is 6.07 Å². The summed E-state index contributed by atoms with van der Waals surface area (Å²) in [7, 11) is 1.57. The van der Waals surface area contributed by atoms with Crippen LogP contribution >= 0.6 is 11.6 Å². The molecule has 0 aromatic carbocycles. The maximum atomic E-state index is 5.90. The second-order valence-electron chi connectivity index (χ2n) is 2.78. The van der Waals surface area contributed by atoms with Gasteiger partial charge in [-0.2, -0.15) is 0 Å². The number of nitrogens with zero attached hydrogens (tertiary/aromatic N) is 3. The van der Waals surface area contributed by atoms with Crippen LogP contribution < -0.4 is 4.74 Å². The van der Waals surface area contributed by atoms with Gasteiger partial charge in [-0.25, -0.2) is 9.97 Å². The molecule has 0 aliphatic heterocycles. The summed E-state index contributed by atoms with van der Waals surface area (Å²) in [4.78, 5) is 12.1. The predicted octanol–water partition coefficient (Wildman–Crippen LogP) is 2.20. The van der Waals surface area contributed by atoms with E-state index in [4.69, 9.17) is 16.3 Å². The van der Waals surface area contributed by atoms with E-state index in [0.29, 0.717) is 16.7 Å². The van der Waals surface area contributed by atoms with Crippen molar-refractivity contribution in [1.82, 2.24) is 15.0 Å². The van der Waals surface area contributed by atoms with Crippen molar-refractivity contribution in [3.05, 3.63) is 35.9 Å². The quantitative estimate of drug-likeness (QED) is 0.780. The summed E-state index contributed by atoms with van der Waals surface area (Å²) in [6, 6.07) is 3.59. The molecule has 2 aromatic rings. The van der Waals surface area contributed by atoms with Gasteiger partial charge in [-0.3, -0.25) is 4.98 Å². The van der Waals surface area contributed by atoms with Crippen LogP contribution in [0.25, 0.3) is 11.3 Å². The Hall–Kier alpha value is -1.68. The van der Waals surface area contributed by atoms with E-state index in [9.17, 15) is 0 Å². The van der Waals surface area contributed by atoms with Crippen molar-refractivity contribution in [3.63, 3.8) is 0 Å². The minimum absolute atomic E-state index is 0.365. The topological polar surface area (TPSA) is 47.9 Å². The minimum atomic E-state index is 0.365. The number of hydrogen-bond donors (Lipinski definition) is 0. The van der Waals surface area contributed by atoms with Gasteiger partial charge >= 0.3 is 0 Å². The predicted molar refractivity (Wildman–Crippen MR) is 56.8 cm³/mol. The molecule has 2 aromatic heterocycles. The van der Waals surface area contributed by atoms with Gasteiger partial charge in [0, 0.05) is 30.2 Å². The number of halogens is 1. The Morgan fingerprint density at radius 3 is 2.53 bits per heavy atom. The molecule has 0 amide bonds. The molecule has 0 bridgehead atoms. The van der Waals surface area contributed by atoms with E-state index in [2.05, 4.69) is 15.0 Å². The Labute approximate surface area is 91.9 Å². The summed E-state index contributed by atoms with van der Waals surface area (Å²) < 4.78 is 4.96. The summed E-state index contributed by atoms with van der Waals surface area (Å²) in [5, 5.41) is 0.365. The molecule has 76 valence electrons. The third-order valence-corrected chi connectivity index (χ3v) is 2.15. The van der Waals surface area contributed by atoms with Gasteiger partial charge < -0.3 is 4.74 Å². The Balaban J connectivity index is 2.42. The lowest BCUT2D eigenvalue weighted by molar-refractivity contribution is 0.398. The Kier molecular flexibility index (Phi) is 2.78. The van der Waals surface area contributed by atoms with Crippen molar-refractivity contribution < 1.29 is 4.74 Å². The first-order valence-electron chi connectivity index (χ1n) is 4.28. The molecule has 0 N–H and O–H groups in total. The van der Waals surface area contributed by atoms with Crippen molar-refractivity contribution in [2.45, 2.75) is 0 Å². The van der Waals surface area contributed by atoms with Gasteiger partial charge in [0.05, 0.1) is 7.11 Å². The van der Waals surface area contributed by atoms with Gasteiger partial charge in [0.2, 0.25) is 5.88 Å². The van der Waals surface area contributed by atoms with Crippen LogP contribution in [0.15, 0.2) is 30.7 Å². The fraction of sp³-hybridized carbons (Fsp3) is 0.100. The molecular weight excluding hydrogens is 214 g/mol. The smallest absolute Gasteiger partial charge is 0.212 e. The number of hydrogen-bond acceptors (Lipinski definition) is 4. The van der Waals surface area contributed by atoms with Gasteiger partial charge in [-0.15, -0.1) is 0 Å². The van der Waals surface area contributed by atoms with Crippen LogP contribution in [0.3, 0.4) is 0 Å². The van der Waals surface area contributed by atoms with Crippen LogP contribution in [0, 0.1) is 0 Å². The van der Waals surface area contributed by atoms with Gasteiger partial charge in [-0.05, 0) is 6.07 Å². The summed E-state index contributed by atoms with van der Waals surface area (Å²) >= 11 is 5.90. The summed E-state index contributed by atoms with van der Waals surface area (Å²) in [5.41, 5.74) is 1.43. The van der Waals surface area contributed by atoms with Crippen LogP contribution in [0.1, 0.15) is 0 Å². The Morgan fingerprint density at radius 1 is 1.13 bits per heavy atom. The summed E-state index contributed by atoms with van der Waals surface area (Å²) in [6.45, 7) is 0. The maximum absolute atomic E-state index is 5.90. The van der Waals surface area contributed by atoms with Crippen LogP contribution in [0.2, 0.25) is 5.15 Å². The van der Waals surface area contributed by atoms with E-state index >= 15 is 0 Å². The highest BCUT2D eigenvalue weighted by atomic mass is 35.5. The molecule has 0 saturated heterocycles. The highest BCUT2D eigenvalue weighted by molar-refractivity contribution is 6.31. The Morgan fingerprint density at radius 2 is 1.93 bits per heavy atom. The number of aromatic nitrogens is 3. The minimum Gasteiger partial charge on any atom is -0.481 e. The monoisotopic (exact) mass is 221 g/mol. The van der Waals surface area contributed by atoms with E-state index in [1.165, 1.54) is 0 Å². The van der Waals surface area contributed by atoms with Crippen LogP contribution in [-0.2, 0) is 0 Å². The van der Waals surface area contributed by atoms with Gasteiger partial charge in [0.25, 0.3) is 0 Å².